The van der Waals surface area contributed by atoms with Gasteiger partial charge in [0.2, 0.25) is 0 Å². The Balaban J connectivity index is 1.50. The molecule has 0 unspecified atom stereocenters. The van der Waals surface area contributed by atoms with E-state index in [9.17, 15) is 9.50 Å². The van der Waals surface area contributed by atoms with E-state index < -0.39 is 0 Å². The zero-order chi connectivity index (χ0) is 25.1. The molecular formula is C30H31ClFNO2S. The van der Waals surface area contributed by atoms with Gasteiger partial charge in [0.15, 0.2) is 0 Å². The van der Waals surface area contributed by atoms with E-state index in [1.165, 1.54) is 16.7 Å². The molecule has 0 aromatic heterocycles. The lowest BCUT2D eigenvalue weighted by Gasteiger charge is -2.19. The molecule has 188 valence electrons. The number of fused-ring (bicyclic) bond motifs is 1. The first-order chi connectivity index (χ1) is 17.5. The molecule has 0 bridgehead atoms. The number of ether oxygens (including phenoxy) is 1. The van der Waals surface area contributed by atoms with Crippen LogP contribution in [0.4, 0.5) is 4.39 Å². The summed E-state index contributed by atoms with van der Waals surface area (Å²) in [6.45, 7) is 4.41. The standard InChI is InChI=1S/C30H31ClFNO2S/c1-20-25(4-2-5-28(20)31)26-13-17-36-29-18-22(34)8-11-27(29)30(26)21-6-9-23(10-7-21)35-24-12-16-33(19-24)15-3-14-32/h2,4-11,18,24,34H,3,12-17,19H2,1H3/t24-/m0/s1. The number of phenolic OH excluding ortho intramolecular Hbond substituents is 1. The summed E-state index contributed by atoms with van der Waals surface area (Å²) in [5.74, 6) is 2.05. The Morgan fingerprint density at radius 3 is 2.75 bits per heavy atom. The van der Waals surface area contributed by atoms with Crippen LogP contribution in [-0.2, 0) is 0 Å². The second-order valence-electron chi connectivity index (χ2n) is 9.44. The molecule has 1 fully saturated rings. The lowest BCUT2D eigenvalue weighted by Crippen LogP contribution is -2.26. The number of aromatic hydroxyl groups is 1. The summed E-state index contributed by atoms with van der Waals surface area (Å²) >= 11 is 8.30. The average molecular weight is 524 g/mol. The zero-order valence-corrected chi connectivity index (χ0v) is 22.0. The monoisotopic (exact) mass is 523 g/mol. The molecule has 3 aromatic carbocycles. The van der Waals surface area contributed by atoms with Crippen molar-refractivity contribution in [1.29, 1.82) is 0 Å². The Labute approximate surface area is 221 Å². The van der Waals surface area contributed by atoms with Crippen LogP contribution in [0, 0.1) is 6.92 Å². The maximum Gasteiger partial charge on any atom is 0.119 e. The molecular weight excluding hydrogens is 493 g/mol. The summed E-state index contributed by atoms with van der Waals surface area (Å²) in [4.78, 5) is 3.36. The number of likely N-dealkylation sites (tertiary alicyclic amines) is 1. The molecule has 6 heteroatoms. The molecule has 0 amide bonds. The smallest absolute Gasteiger partial charge is 0.119 e. The van der Waals surface area contributed by atoms with E-state index in [4.69, 9.17) is 16.3 Å². The van der Waals surface area contributed by atoms with Crippen LogP contribution in [0.5, 0.6) is 11.5 Å². The molecule has 0 saturated carbocycles. The number of thioether (sulfide) groups is 1. The third-order valence-corrected chi connectivity index (χ3v) is 8.49. The zero-order valence-electron chi connectivity index (χ0n) is 20.5. The highest BCUT2D eigenvalue weighted by atomic mass is 35.5. The fourth-order valence-electron chi connectivity index (χ4n) is 5.19. The third-order valence-electron chi connectivity index (χ3n) is 7.02. The van der Waals surface area contributed by atoms with E-state index in [1.807, 2.05) is 36.4 Å². The molecule has 1 N–H and O–H groups in total. The van der Waals surface area contributed by atoms with E-state index in [0.29, 0.717) is 6.42 Å². The van der Waals surface area contributed by atoms with Gasteiger partial charge in [-0.25, -0.2) is 0 Å². The Morgan fingerprint density at radius 2 is 1.94 bits per heavy atom. The Kier molecular flexibility index (Phi) is 7.90. The van der Waals surface area contributed by atoms with Gasteiger partial charge in [-0.15, -0.1) is 11.8 Å². The van der Waals surface area contributed by atoms with Crippen LogP contribution in [0.3, 0.4) is 0 Å². The first-order valence-corrected chi connectivity index (χ1v) is 13.9. The molecule has 0 spiro atoms. The number of rotatable bonds is 7. The van der Waals surface area contributed by atoms with Crippen molar-refractivity contribution in [2.24, 2.45) is 0 Å². The number of hydrogen-bond acceptors (Lipinski definition) is 4. The van der Waals surface area contributed by atoms with Crippen LogP contribution < -0.4 is 4.74 Å². The summed E-state index contributed by atoms with van der Waals surface area (Å²) < 4.78 is 18.8. The van der Waals surface area contributed by atoms with Gasteiger partial charge in [0, 0.05) is 35.3 Å². The van der Waals surface area contributed by atoms with Crippen LogP contribution in [-0.4, -0.2) is 48.2 Å². The Bertz CT molecular complexity index is 1260. The van der Waals surface area contributed by atoms with Gasteiger partial charge in [0.1, 0.15) is 17.6 Å². The fourth-order valence-corrected chi connectivity index (χ4v) is 6.42. The fraction of sp³-hybridized carbons (Fsp3) is 0.333. The number of halogens is 2. The quantitative estimate of drug-likeness (QED) is 0.345. The Morgan fingerprint density at radius 1 is 1.11 bits per heavy atom. The van der Waals surface area contributed by atoms with E-state index >= 15 is 0 Å². The summed E-state index contributed by atoms with van der Waals surface area (Å²) in [6, 6.07) is 20.1. The number of nitrogens with zero attached hydrogens (tertiary/aromatic N) is 1. The maximum atomic E-state index is 12.5. The van der Waals surface area contributed by atoms with Crippen molar-refractivity contribution in [3.8, 4) is 11.5 Å². The van der Waals surface area contributed by atoms with E-state index in [1.54, 1.807) is 17.8 Å². The number of hydrogen-bond donors (Lipinski definition) is 1. The van der Waals surface area contributed by atoms with Gasteiger partial charge in [0.05, 0.1) is 6.67 Å². The van der Waals surface area contributed by atoms with Crippen molar-refractivity contribution >= 4 is 34.5 Å². The number of allylic oxidation sites excluding steroid dienone is 1. The topological polar surface area (TPSA) is 32.7 Å². The third kappa shape index (κ3) is 5.44. The molecule has 3 aromatic rings. The predicted molar refractivity (Wildman–Crippen MR) is 148 cm³/mol. The molecule has 2 aliphatic heterocycles. The molecule has 2 heterocycles. The maximum absolute atomic E-state index is 12.5. The van der Waals surface area contributed by atoms with Crippen molar-refractivity contribution in [2.45, 2.75) is 37.2 Å². The Hall–Kier alpha value is -2.47. The van der Waals surface area contributed by atoms with Gasteiger partial charge in [-0.2, -0.15) is 0 Å². The number of alkyl halides is 1. The average Bonchev–Trinajstić information content (AvgIpc) is 3.24. The minimum Gasteiger partial charge on any atom is -0.508 e. The van der Waals surface area contributed by atoms with E-state index in [-0.39, 0.29) is 18.5 Å². The van der Waals surface area contributed by atoms with Crippen LogP contribution in [0.25, 0.3) is 11.1 Å². The first kappa shape index (κ1) is 25.2. The summed E-state index contributed by atoms with van der Waals surface area (Å²) in [7, 11) is 0. The van der Waals surface area contributed by atoms with Crippen LogP contribution >= 0.6 is 23.4 Å². The van der Waals surface area contributed by atoms with Crippen molar-refractivity contribution < 1.29 is 14.2 Å². The predicted octanol–water partition coefficient (Wildman–Crippen LogP) is 7.62. The molecule has 1 saturated heterocycles. The molecule has 5 rings (SSSR count). The van der Waals surface area contributed by atoms with Crippen LogP contribution in [0.1, 0.15) is 41.5 Å². The number of phenols is 1. The lowest BCUT2D eigenvalue weighted by molar-refractivity contribution is 0.198. The molecule has 36 heavy (non-hydrogen) atoms. The highest BCUT2D eigenvalue weighted by Gasteiger charge is 2.25. The molecule has 2 aliphatic rings. The van der Waals surface area contributed by atoms with E-state index in [2.05, 4.69) is 30.0 Å². The van der Waals surface area contributed by atoms with Crippen LogP contribution in [0.15, 0.2) is 65.6 Å². The summed E-state index contributed by atoms with van der Waals surface area (Å²) in [6.07, 6.45) is 2.58. The molecule has 1 atom stereocenters. The lowest BCUT2D eigenvalue weighted by atomic mass is 9.86. The van der Waals surface area contributed by atoms with Gasteiger partial charge in [0.25, 0.3) is 0 Å². The minimum absolute atomic E-state index is 0.136. The highest BCUT2D eigenvalue weighted by Crippen LogP contribution is 2.45. The highest BCUT2D eigenvalue weighted by molar-refractivity contribution is 7.99. The number of benzene rings is 3. The van der Waals surface area contributed by atoms with Gasteiger partial charge >= 0.3 is 0 Å². The van der Waals surface area contributed by atoms with Gasteiger partial charge < -0.3 is 9.84 Å². The van der Waals surface area contributed by atoms with Crippen molar-refractivity contribution in [3.05, 3.63) is 87.9 Å². The molecule has 3 nitrogen and oxygen atoms in total. The van der Waals surface area contributed by atoms with Crippen molar-refractivity contribution in [2.75, 3.05) is 32.1 Å². The SMILES string of the molecule is Cc1c(Cl)cccc1C1=C(c2ccc(O[C@H]3CCN(CCCF)C3)cc2)c2ccc(O)cc2SCC1. The molecule has 0 radical (unpaired) electrons. The first-order valence-electron chi connectivity index (χ1n) is 12.5. The normalized spacial score (nSPS) is 18.2. The summed E-state index contributed by atoms with van der Waals surface area (Å²) in [5.41, 5.74) is 6.92. The summed E-state index contributed by atoms with van der Waals surface area (Å²) in [5, 5.41) is 10.9. The van der Waals surface area contributed by atoms with Crippen molar-refractivity contribution in [3.63, 3.8) is 0 Å². The van der Waals surface area contributed by atoms with Crippen LogP contribution in [0.2, 0.25) is 5.02 Å². The van der Waals surface area contributed by atoms with Gasteiger partial charge in [-0.1, -0.05) is 35.9 Å². The minimum atomic E-state index is -0.267. The molecule has 0 aliphatic carbocycles. The van der Waals surface area contributed by atoms with E-state index in [0.717, 1.165) is 70.6 Å². The second kappa shape index (κ2) is 11.3. The van der Waals surface area contributed by atoms with Crippen molar-refractivity contribution in [1.82, 2.24) is 4.90 Å². The second-order valence-corrected chi connectivity index (χ2v) is 11.0. The largest absolute Gasteiger partial charge is 0.508 e. The van der Waals surface area contributed by atoms with Gasteiger partial charge in [-0.3, -0.25) is 9.29 Å². The van der Waals surface area contributed by atoms with Gasteiger partial charge in [-0.05, 0) is 96.0 Å².